The third-order valence-corrected chi connectivity index (χ3v) is 6.68. The van der Waals surface area contributed by atoms with Crippen molar-refractivity contribution in [3.63, 3.8) is 0 Å². The van der Waals surface area contributed by atoms with Crippen molar-refractivity contribution < 1.29 is 13.2 Å². The SMILES string of the molecule is Cc1cc(C)c(S(=O)(=O)N2CCC(C(=O)NCCN)CC2)c(C)c1. The van der Waals surface area contributed by atoms with Gasteiger partial charge in [-0.2, -0.15) is 4.31 Å². The van der Waals surface area contributed by atoms with Crippen LogP contribution in [0.4, 0.5) is 0 Å². The Morgan fingerprint density at radius 2 is 1.75 bits per heavy atom. The first kappa shape index (κ1) is 18.9. The third kappa shape index (κ3) is 3.96. The van der Waals surface area contributed by atoms with Gasteiger partial charge in [0.15, 0.2) is 0 Å². The molecule has 1 fully saturated rings. The highest BCUT2D eigenvalue weighted by Crippen LogP contribution is 2.28. The Kier molecular flexibility index (Phi) is 6.01. The molecule has 0 aromatic heterocycles. The summed E-state index contributed by atoms with van der Waals surface area (Å²) in [6.45, 7) is 7.23. The van der Waals surface area contributed by atoms with E-state index in [4.69, 9.17) is 5.73 Å². The monoisotopic (exact) mass is 353 g/mol. The summed E-state index contributed by atoms with van der Waals surface area (Å²) in [6, 6.07) is 3.79. The van der Waals surface area contributed by atoms with Crippen LogP contribution in [0, 0.1) is 26.7 Å². The topological polar surface area (TPSA) is 92.5 Å². The largest absolute Gasteiger partial charge is 0.355 e. The standard InChI is InChI=1S/C17H27N3O3S/c1-12-10-13(2)16(14(3)11-12)24(22,23)20-8-4-15(5-9-20)17(21)19-7-6-18/h10-11,15H,4-9,18H2,1-3H3,(H,19,21). The summed E-state index contributed by atoms with van der Waals surface area (Å²) in [5, 5.41) is 2.78. The van der Waals surface area contributed by atoms with Crippen LogP contribution < -0.4 is 11.1 Å². The molecule has 24 heavy (non-hydrogen) atoms. The van der Waals surface area contributed by atoms with Crippen LogP contribution in [0.1, 0.15) is 29.5 Å². The van der Waals surface area contributed by atoms with Crippen molar-refractivity contribution in [2.45, 2.75) is 38.5 Å². The first-order chi connectivity index (χ1) is 11.3. The number of nitrogens with one attached hydrogen (secondary N) is 1. The molecule has 2 rings (SSSR count). The molecule has 1 amide bonds. The van der Waals surface area contributed by atoms with Crippen molar-refractivity contribution in [1.29, 1.82) is 0 Å². The minimum absolute atomic E-state index is 0.0276. The maximum atomic E-state index is 13.0. The molecule has 1 aromatic carbocycles. The molecule has 0 saturated carbocycles. The molecular formula is C17H27N3O3S. The van der Waals surface area contributed by atoms with E-state index < -0.39 is 10.0 Å². The number of benzene rings is 1. The molecule has 1 heterocycles. The average Bonchev–Trinajstić information content (AvgIpc) is 2.51. The second-order valence-corrected chi connectivity index (χ2v) is 8.36. The summed E-state index contributed by atoms with van der Waals surface area (Å²) in [6.07, 6.45) is 1.08. The quantitative estimate of drug-likeness (QED) is 0.829. The molecule has 0 aliphatic carbocycles. The lowest BCUT2D eigenvalue weighted by atomic mass is 9.97. The highest BCUT2D eigenvalue weighted by Gasteiger charge is 2.33. The summed E-state index contributed by atoms with van der Waals surface area (Å²) in [5.74, 6) is -0.164. The zero-order chi connectivity index (χ0) is 17.9. The molecule has 0 radical (unpaired) electrons. The number of hydrogen-bond acceptors (Lipinski definition) is 4. The third-order valence-electron chi connectivity index (χ3n) is 4.47. The van der Waals surface area contributed by atoms with Gasteiger partial charge in [0.05, 0.1) is 4.90 Å². The fourth-order valence-electron chi connectivity index (χ4n) is 3.40. The summed E-state index contributed by atoms with van der Waals surface area (Å²) < 4.78 is 27.5. The van der Waals surface area contributed by atoms with E-state index in [9.17, 15) is 13.2 Å². The zero-order valence-electron chi connectivity index (χ0n) is 14.6. The number of piperidine rings is 1. The normalized spacial score (nSPS) is 17.0. The van der Waals surface area contributed by atoms with E-state index >= 15 is 0 Å². The van der Waals surface area contributed by atoms with E-state index in [1.54, 1.807) is 0 Å². The first-order valence-electron chi connectivity index (χ1n) is 8.33. The lowest BCUT2D eigenvalue weighted by molar-refractivity contribution is -0.126. The molecule has 0 unspecified atom stereocenters. The van der Waals surface area contributed by atoms with Gasteiger partial charge in [-0.15, -0.1) is 0 Å². The maximum absolute atomic E-state index is 13.0. The number of amides is 1. The summed E-state index contributed by atoms with van der Waals surface area (Å²) in [5.41, 5.74) is 7.99. The average molecular weight is 353 g/mol. The Morgan fingerprint density at radius 3 is 2.25 bits per heavy atom. The number of nitrogens with zero attached hydrogens (tertiary/aromatic N) is 1. The van der Waals surface area contributed by atoms with E-state index in [2.05, 4.69) is 5.32 Å². The van der Waals surface area contributed by atoms with Crippen molar-refractivity contribution in [2.75, 3.05) is 26.2 Å². The van der Waals surface area contributed by atoms with Crippen molar-refractivity contribution >= 4 is 15.9 Å². The van der Waals surface area contributed by atoms with Gasteiger partial charge in [0.25, 0.3) is 0 Å². The van der Waals surface area contributed by atoms with Gasteiger partial charge in [0.2, 0.25) is 15.9 Å². The molecule has 6 nitrogen and oxygen atoms in total. The molecule has 134 valence electrons. The number of rotatable bonds is 5. The van der Waals surface area contributed by atoms with E-state index in [0.29, 0.717) is 43.9 Å². The van der Waals surface area contributed by atoms with Crippen molar-refractivity contribution in [3.8, 4) is 0 Å². The van der Waals surface area contributed by atoms with Crippen molar-refractivity contribution in [1.82, 2.24) is 9.62 Å². The van der Waals surface area contributed by atoms with Crippen molar-refractivity contribution in [2.24, 2.45) is 11.7 Å². The van der Waals surface area contributed by atoms with Gasteiger partial charge in [0, 0.05) is 32.1 Å². The minimum Gasteiger partial charge on any atom is -0.355 e. The van der Waals surface area contributed by atoms with Gasteiger partial charge >= 0.3 is 0 Å². The minimum atomic E-state index is -3.52. The highest BCUT2D eigenvalue weighted by molar-refractivity contribution is 7.89. The van der Waals surface area contributed by atoms with Gasteiger partial charge in [-0.1, -0.05) is 17.7 Å². The van der Waals surface area contributed by atoms with Crippen LogP contribution in [0.15, 0.2) is 17.0 Å². The van der Waals surface area contributed by atoms with Crippen LogP contribution in [0.5, 0.6) is 0 Å². The van der Waals surface area contributed by atoms with Crippen LogP contribution in [0.2, 0.25) is 0 Å². The molecule has 3 N–H and O–H groups in total. The van der Waals surface area contributed by atoms with E-state index in [1.165, 1.54) is 4.31 Å². The lowest BCUT2D eigenvalue weighted by Crippen LogP contribution is -2.44. The zero-order valence-corrected chi connectivity index (χ0v) is 15.4. The van der Waals surface area contributed by atoms with E-state index in [1.807, 2.05) is 32.9 Å². The first-order valence-corrected chi connectivity index (χ1v) is 9.77. The molecule has 0 atom stereocenters. The Labute approximate surface area is 144 Å². The summed E-state index contributed by atoms with van der Waals surface area (Å²) in [7, 11) is -3.52. The predicted octanol–water partition coefficient (Wildman–Crippen LogP) is 1.09. The Morgan fingerprint density at radius 1 is 1.21 bits per heavy atom. The molecular weight excluding hydrogens is 326 g/mol. The van der Waals surface area contributed by atoms with E-state index in [0.717, 1.165) is 16.7 Å². The molecule has 0 spiro atoms. The summed E-state index contributed by atoms with van der Waals surface area (Å²) in [4.78, 5) is 12.4. The van der Waals surface area contributed by atoms with Gasteiger partial charge in [-0.3, -0.25) is 4.79 Å². The van der Waals surface area contributed by atoms with Crippen LogP contribution in [-0.4, -0.2) is 44.8 Å². The van der Waals surface area contributed by atoms with Crippen LogP contribution in [0.25, 0.3) is 0 Å². The van der Waals surface area contributed by atoms with Crippen LogP contribution >= 0.6 is 0 Å². The Balaban J connectivity index is 2.12. The number of hydrogen-bond donors (Lipinski definition) is 2. The number of carbonyl (C=O) groups is 1. The van der Waals surface area contributed by atoms with Crippen LogP contribution in [0.3, 0.4) is 0 Å². The van der Waals surface area contributed by atoms with Crippen LogP contribution in [-0.2, 0) is 14.8 Å². The van der Waals surface area contributed by atoms with Gasteiger partial charge in [-0.25, -0.2) is 8.42 Å². The molecule has 0 bridgehead atoms. The second-order valence-electron chi connectivity index (χ2n) is 6.49. The predicted molar refractivity (Wildman–Crippen MR) is 94.2 cm³/mol. The van der Waals surface area contributed by atoms with Gasteiger partial charge < -0.3 is 11.1 Å². The fourth-order valence-corrected chi connectivity index (χ4v) is 5.28. The van der Waals surface area contributed by atoms with Gasteiger partial charge in [-0.05, 0) is 44.7 Å². The maximum Gasteiger partial charge on any atom is 0.243 e. The molecule has 7 heteroatoms. The number of carbonyl (C=O) groups excluding carboxylic acids is 1. The summed E-state index contributed by atoms with van der Waals surface area (Å²) >= 11 is 0. The Hall–Kier alpha value is -1.44. The molecule has 1 aliphatic heterocycles. The molecule has 1 aliphatic rings. The lowest BCUT2D eigenvalue weighted by Gasteiger charge is -2.31. The van der Waals surface area contributed by atoms with Gasteiger partial charge in [0.1, 0.15) is 0 Å². The number of aryl methyl sites for hydroxylation is 3. The highest BCUT2D eigenvalue weighted by atomic mass is 32.2. The van der Waals surface area contributed by atoms with Crippen molar-refractivity contribution in [3.05, 3.63) is 28.8 Å². The Bertz CT molecular complexity index is 685. The second kappa shape index (κ2) is 7.63. The fraction of sp³-hybridized carbons (Fsp3) is 0.588. The molecule has 1 aromatic rings. The van der Waals surface area contributed by atoms with E-state index in [-0.39, 0.29) is 11.8 Å². The number of sulfonamides is 1. The molecule has 1 saturated heterocycles. The number of nitrogens with two attached hydrogens (primary N) is 1. The smallest absolute Gasteiger partial charge is 0.243 e.